The van der Waals surface area contributed by atoms with Gasteiger partial charge in [0.1, 0.15) is 18.3 Å². The molecular formula is C33H40F5N7O3. The summed E-state index contributed by atoms with van der Waals surface area (Å²) in [5.74, 6) is -4.73. The maximum absolute atomic E-state index is 15.7. The third-order valence-electron chi connectivity index (χ3n) is 10.8. The number of nitriles is 1. The van der Waals surface area contributed by atoms with Gasteiger partial charge in [0, 0.05) is 54.4 Å². The number of hydrogen-bond donors (Lipinski definition) is 1. The minimum absolute atomic E-state index is 0.0242. The molecule has 1 amide bonds. The Kier molecular flexibility index (Phi) is 9.18. The van der Waals surface area contributed by atoms with Gasteiger partial charge in [0.2, 0.25) is 0 Å². The molecule has 4 atom stereocenters. The first kappa shape index (κ1) is 34.1. The Bertz CT molecular complexity index is 1580. The number of nitrogens with two attached hydrogens (primary N) is 1. The average molecular weight is 678 g/mol. The van der Waals surface area contributed by atoms with Crippen LogP contribution in [0.4, 0.5) is 27.8 Å². The fourth-order valence-corrected chi connectivity index (χ4v) is 8.12. The van der Waals surface area contributed by atoms with Gasteiger partial charge in [-0.3, -0.25) is 9.69 Å². The van der Waals surface area contributed by atoms with Crippen LogP contribution in [0.2, 0.25) is 0 Å². The molecule has 2 unspecified atom stereocenters. The first-order chi connectivity index (χ1) is 22.8. The molecule has 15 heteroatoms. The quantitative estimate of drug-likeness (QED) is 0.326. The van der Waals surface area contributed by atoms with Crippen molar-refractivity contribution < 1.29 is 36.2 Å². The molecule has 260 valence electrons. The van der Waals surface area contributed by atoms with Crippen molar-refractivity contribution in [3.63, 3.8) is 0 Å². The molecule has 1 aromatic heterocycles. The highest BCUT2D eigenvalue weighted by Gasteiger charge is 2.49. The zero-order chi connectivity index (χ0) is 34.5. The van der Waals surface area contributed by atoms with E-state index in [2.05, 4.69) is 16.5 Å². The summed E-state index contributed by atoms with van der Waals surface area (Å²) in [5.41, 5.74) is 4.81. The van der Waals surface area contributed by atoms with Gasteiger partial charge in [-0.1, -0.05) is 20.4 Å². The lowest BCUT2D eigenvalue weighted by atomic mass is 9.76. The number of carbonyl (C=O) groups excluding carboxylic acids is 1. The Hall–Kier alpha value is -3.77. The molecule has 0 bridgehead atoms. The zero-order valence-electron chi connectivity index (χ0n) is 27.1. The van der Waals surface area contributed by atoms with E-state index in [0.29, 0.717) is 23.7 Å². The van der Waals surface area contributed by atoms with E-state index in [-0.39, 0.29) is 56.3 Å². The second-order valence-corrected chi connectivity index (χ2v) is 13.5. The van der Waals surface area contributed by atoms with Crippen LogP contribution in [0.3, 0.4) is 0 Å². The van der Waals surface area contributed by atoms with Gasteiger partial charge in [-0.25, -0.2) is 8.78 Å². The highest BCUT2D eigenvalue weighted by Crippen LogP contribution is 2.48. The number of rotatable bonds is 7. The number of aromatic nitrogens is 2. The SMILES string of the molecule is C=C(F)C(=O)N1CCN(c2nc(OCC34CCCN3CCC4)nc3c2CO[C@H](C2=C(C(F)(F)F)C(C)C(C)C(N)=C2F)C3)C[C@@H]1CC#N. The molecule has 0 radical (unpaired) electrons. The molecule has 5 aliphatic rings. The van der Waals surface area contributed by atoms with Crippen LogP contribution in [-0.2, 0) is 22.6 Å². The first-order valence-corrected chi connectivity index (χ1v) is 16.4. The Morgan fingerprint density at radius 2 is 1.88 bits per heavy atom. The maximum Gasteiger partial charge on any atom is 0.413 e. The Morgan fingerprint density at radius 3 is 2.52 bits per heavy atom. The Balaban J connectivity index is 1.37. The second-order valence-electron chi connectivity index (χ2n) is 13.5. The number of anilines is 1. The van der Waals surface area contributed by atoms with E-state index in [1.54, 1.807) is 0 Å². The number of nitrogens with zero attached hydrogens (tertiary/aromatic N) is 6. The van der Waals surface area contributed by atoms with Crippen LogP contribution in [-0.4, -0.2) is 88.9 Å². The first-order valence-electron chi connectivity index (χ1n) is 16.4. The van der Waals surface area contributed by atoms with E-state index in [9.17, 15) is 27.6 Å². The van der Waals surface area contributed by atoms with Gasteiger partial charge in [-0.15, -0.1) is 0 Å². The maximum atomic E-state index is 15.7. The number of piperazine rings is 1. The smallest absolute Gasteiger partial charge is 0.413 e. The van der Waals surface area contributed by atoms with Crippen molar-refractivity contribution in [3.8, 4) is 12.1 Å². The number of ether oxygens (including phenoxy) is 2. The largest absolute Gasteiger partial charge is 0.461 e. The fraction of sp³-hybridized carbons (Fsp3) is 0.636. The van der Waals surface area contributed by atoms with Gasteiger partial charge in [-0.05, 0) is 44.7 Å². The van der Waals surface area contributed by atoms with Crippen molar-refractivity contribution in [1.82, 2.24) is 19.8 Å². The van der Waals surface area contributed by atoms with Crippen molar-refractivity contribution in [1.29, 1.82) is 5.26 Å². The lowest BCUT2D eigenvalue weighted by Crippen LogP contribution is -2.55. The fourth-order valence-electron chi connectivity index (χ4n) is 8.12. The molecule has 3 saturated heterocycles. The number of allylic oxidation sites excluding steroid dienone is 2. The van der Waals surface area contributed by atoms with Crippen molar-refractivity contribution in [2.45, 2.75) is 82.8 Å². The summed E-state index contributed by atoms with van der Waals surface area (Å²) in [6.45, 7) is 8.39. The van der Waals surface area contributed by atoms with Crippen LogP contribution in [0.25, 0.3) is 0 Å². The minimum atomic E-state index is -4.82. The van der Waals surface area contributed by atoms with Crippen molar-refractivity contribution in [3.05, 3.63) is 46.3 Å². The van der Waals surface area contributed by atoms with Crippen LogP contribution in [0, 0.1) is 23.2 Å². The molecule has 6 rings (SSSR count). The minimum Gasteiger partial charge on any atom is -0.461 e. The molecule has 0 aromatic carbocycles. The van der Waals surface area contributed by atoms with Gasteiger partial charge in [0.25, 0.3) is 5.91 Å². The standard InChI is InChI=1S/C33H40F5N7O3/c1-18-19(2)28(40)27(35)25(26(18)33(36,37)38)24-14-23-22(16-47-24)29(43-12-13-45(30(46)20(3)34)21(15-43)6-9-39)42-31(41-23)48-17-32-7-4-10-44(32)11-5-8-32/h18-19,21,24H,3-8,10-17,40H2,1-2H3/t18?,19?,21-,24-/m0/s1. The number of carbonyl (C=O) groups is 1. The second kappa shape index (κ2) is 12.9. The number of halogens is 5. The molecule has 1 aromatic rings. The van der Waals surface area contributed by atoms with E-state index in [0.717, 1.165) is 38.8 Å². The molecule has 1 aliphatic carbocycles. The van der Waals surface area contributed by atoms with Crippen molar-refractivity contribution in [2.75, 3.05) is 44.2 Å². The molecule has 5 heterocycles. The van der Waals surface area contributed by atoms with Gasteiger partial charge in [0.05, 0.1) is 42.5 Å². The van der Waals surface area contributed by atoms with Crippen LogP contribution in [0.1, 0.15) is 57.2 Å². The van der Waals surface area contributed by atoms with Crippen molar-refractivity contribution >= 4 is 11.7 Å². The summed E-state index contributed by atoms with van der Waals surface area (Å²) < 4.78 is 85.2. The lowest BCUT2D eigenvalue weighted by molar-refractivity contribution is -0.131. The predicted octanol–water partition coefficient (Wildman–Crippen LogP) is 4.62. The summed E-state index contributed by atoms with van der Waals surface area (Å²) in [4.78, 5) is 27.4. The molecule has 2 N–H and O–H groups in total. The van der Waals surface area contributed by atoms with Gasteiger partial charge in [0.15, 0.2) is 5.83 Å². The van der Waals surface area contributed by atoms with E-state index >= 15 is 4.39 Å². The van der Waals surface area contributed by atoms with E-state index in [1.807, 2.05) is 11.0 Å². The van der Waals surface area contributed by atoms with Crippen LogP contribution >= 0.6 is 0 Å². The Labute approximate surface area is 276 Å². The predicted molar refractivity (Wildman–Crippen MR) is 165 cm³/mol. The molecule has 10 nitrogen and oxygen atoms in total. The van der Waals surface area contributed by atoms with E-state index in [4.69, 9.17) is 20.2 Å². The summed E-state index contributed by atoms with van der Waals surface area (Å²) >= 11 is 0. The van der Waals surface area contributed by atoms with E-state index < -0.39 is 58.9 Å². The highest BCUT2D eigenvalue weighted by molar-refractivity contribution is 5.91. The number of hydrogen-bond acceptors (Lipinski definition) is 9. The topological polar surface area (TPSA) is 121 Å². The molecule has 4 aliphatic heterocycles. The van der Waals surface area contributed by atoms with Gasteiger partial charge in [-0.2, -0.15) is 28.4 Å². The molecule has 3 fully saturated rings. The average Bonchev–Trinajstić information content (AvgIpc) is 3.63. The third kappa shape index (κ3) is 6.02. The Morgan fingerprint density at radius 1 is 1.17 bits per heavy atom. The van der Waals surface area contributed by atoms with Crippen LogP contribution < -0.4 is 15.4 Å². The summed E-state index contributed by atoms with van der Waals surface area (Å²) in [6, 6.07) is 1.38. The van der Waals surface area contributed by atoms with E-state index in [1.165, 1.54) is 18.7 Å². The molecule has 0 spiro atoms. The summed E-state index contributed by atoms with van der Waals surface area (Å²) in [5, 5.41) is 9.48. The number of fused-ring (bicyclic) bond motifs is 2. The van der Waals surface area contributed by atoms with Crippen LogP contribution in [0.5, 0.6) is 6.01 Å². The highest BCUT2D eigenvalue weighted by atomic mass is 19.4. The monoisotopic (exact) mass is 677 g/mol. The molecule has 0 saturated carbocycles. The third-order valence-corrected chi connectivity index (χ3v) is 10.8. The molecule has 48 heavy (non-hydrogen) atoms. The van der Waals surface area contributed by atoms with Crippen molar-refractivity contribution in [2.24, 2.45) is 17.6 Å². The van der Waals surface area contributed by atoms with Crippen LogP contribution in [0.15, 0.2) is 35.1 Å². The normalized spacial score (nSPS) is 27.5. The molecular weight excluding hydrogens is 637 g/mol. The summed E-state index contributed by atoms with van der Waals surface area (Å²) in [6.07, 6.45) is -2.41. The zero-order valence-corrected chi connectivity index (χ0v) is 27.1. The lowest BCUT2D eigenvalue weighted by Gasteiger charge is -2.42. The van der Waals surface area contributed by atoms with Gasteiger partial charge >= 0.3 is 12.2 Å². The number of alkyl halides is 3. The summed E-state index contributed by atoms with van der Waals surface area (Å²) in [7, 11) is 0. The van der Waals surface area contributed by atoms with Gasteiger partial charge < -0.3 is 25.0 Å². The number of amides is 1.